The molecular weight excluding hydrogens is 281 g/mol. The van der Waals surface area contributed by atoms with Crippen LogP contribution < -0.4 is 10.6 Å². The van der Waals surface area contributed by atoms with Gasteiger partial charge in [0.15, 0.2) is 0 Å². The van der Waals surface area contributed by atoms with E-state index in [1.165, 1.54) is 12.1 Å². The van der Waals surface area contributed by atoms with Crippen LogP contribution in [-0.4, -0.2) is 29.2 Å². The molecule has 2 fully saturated rings. The standard InChI is InChI=1S/C17H18FN3O/c18-14-3-1-11(2-4-14)12-5-6-21(10-12)17(22)20-16-8-15-7-13(16)9-19-15/h1-6,10,13,15-16,19H,7-9H2,(H,20,22). The lowest BCUT2D eigenvalue weighted by molar-refractivity contribution is 0.233. The van der Waals surface area contributed by atoms with Crippen LogP contribution in [0.3, 0.4) is 0 Å². The van der Waals surface area contributed by atoms with E-state index in [4.69, 9.17) is 0 Å². The molecule has 2 aliphatic rings. The molecule has 1 aromatic carbocycles. The average molecular weight is 299 g/mol. The molecule has 1 aromatic heterocycles. The zero-order chi connectivity index (χ0) is 15.1. The van der Waals surface area contributed by atoms with Gasteiger partial charge in [-0.2, -0.15) is 0 Å². The van der Waals surface area contributed by atoms with Gasteiger partial charge >= 0.3 is 6.03 Å². The smallest absolute Gasteiger partial charge is 0.325 e. The summed E-state index contributed by atoms with van der Waals surface area (Å²) in [5.41, 5.74) is 1.81. The van der Waals surface area contributed by atoms with Gasteiger partial charge in [-0.25, -0.2) is 9.18 Å². The van der Waals surface area contributed by atoms with Crippen molar-refractivity contribution in [3.05, 3.63) is 48.5 Å². The first-order valence-electron chi connectivity index (χ1n) is 7.67. The largest absolute Gasteiger partial charge is 0.334 e. The molecule has 2 heterocycles. The maximum atomic E-state index is 13.0. The predicted octanol–water partition coefficient (Wildman–Crippen LogP) is 2.60. The van der Waals surface area contributed by atoms with Crippen molar-refractivity contribution >= 4 is 6.03 Å². The topological polar surface area (TPSA) is 46.1 Å². The van der Waals surface area contributed by atoms with Crippen molar-refractivity contribution in [3.8, 4) is 11.1 Å². The number of nitrogens with zero attached hydrogens (tertiary/aromatic N) is 1. The van der Waals surface area contributed by atoms with Crippen molar-refractivity contribution in [2.24, 2.45) is 5.92 Å². The van der Waals surface area contributed by atoms with Crippen LogP contribution in [0.5, 0.6) is 0 Å². The van der Waals surface area contributed by atoms with Crippen LogP contribution >= 0.6 is 0 Å². The van der Waals surface area contributed by atoms with E-state index in [0.29, 0.717) is 12.0 Å². The minimum absolute atomic E-state index is 0.0917. The van der Waals surface area contributed by atoms with Crippen LogP contribution in [-0.2, 0) is 0 Å². The Balaban J connectivity index is 1.46. The maximum Gasteiger partial charge on any atom is 0.325 e. The molecule has 2 N–H and O–H groups in total. The Morgan fingerprint density at radius 1 is 1.18 bits per heavy atom. The van der Waals surface area contributed by atoms with Crippen molar-refractivity contribution in [2.45, 2.75) is 24.9 Å². The molecule has 2 aromatic rings. The number of piperidine rings is 1. The highest BCUT2D eigenvalue weighted by atomic mass is 19.1. The third-order valence-corrected chi connectivity index (χ3v) is 4.78. The number of carbonyl (C=O) groups excluding carboxylic acids is 1. The molecule has 3 unspecified atom stereocenters. The van der Waals surface area contributed by atoms with E-state index < -0.39 is 0 Å². The summed E-state index contributed by atoms with van der Waals surface area (Å²) in [7, 11) is 0. The van der Waals surface area contributed by atoms with Gasteiger partial charge in [0.1, 0.15) is 5.82 Å². The van der Waals surface area contributed by atoms with Gasteiger partial charge in [0.2, 0.25) is 0 Å². The van der Waals surface area contributed by atoms with Gasteiger partial charge in [0, 0.05) is 31.0 Å². The highest BCUT2D eigenvalue weighted by molar-refractivity contribution is 5.79. The Labute approximate surface area is 128 Å². The molecule has 3 atom stereocenters. The molecule has 4 nitrogen and oxygen atoms in total. The number of hydrogen-bond acceptors (Lipinski definition) is 2. The summed E-state index contributed by atoms with van der Waals surface area (Å²) in [6, 6.07) is 8.90. The monoisotopic (exact) mass is 299 g/mol. The molecule has 114 valence electrons. The lowest BCUT2D eigenvalue weighted by Gasteiger charge is -2.23. The summed E-state index contributed by atoms with van der Waals surface area (Å²) < 4.78 is 14.5. The van der Waals surface area contributed by atoms with Crippen LogP contribution in [0.2, 0.25) is 0 Å². The van der Waals surface area contributed by atoms with E-state index in [9.17, 15) is 9.18 Å². The second kappa shape index (κ2) is 5.25. The quantitative estimate of drug-likeness (QED) is 0.895. The fraction of sp³-hybridized carbons (Fsp3) is 0.353. The first-order valence-corrected chi connectivity index (χ1v) is 7.67. The molecule has 1 saturated carbocycles. The van der Waals surface area contributed by atoms with Crippen molar-refractivity contribution in [3.63, 3.8) is 0 Å². The minimum Gasteiger partial charge on any atom is -0.334 e. The maximum absolute atomic E-state index is 13.0. The molecule has 22 heavy (non-hydrogen) atoms. The second-order valence-electron chi connectivity index (χ2n) is 6.21. The third-order valence-electron chi connectivity index (χ3n) is 4.78. The molecule has 1 aliphatic heterocycles. The number of fused-ring (bicyclic) bond motifs is 2. The molecule has 1 amide bonds. The fourth-order valence-electron chi connectivity index (χ4n) is 3.58. The van der Waals surface area contributed by atoms with Crippen molar-refractivity contribution in [1.29, 1.82) is 0 Å². The van der Waals surface area contributed by atoms with Gasteiger partial charge in [-0.1, -0.05) is 12.1 Å². The van der Waals surface area contributed by atoms with Crippen LogP contribution in [0.25, 0.3) is 11.1 Å². The minimum atomic E-state index is -0.258. The number of halogens is 1. The Bertz CT molecular complexity index is 694. The average Bonchev–Trinajstić information content (AvgIpc) is 3.24. The van der Waals surface area contributed by atoms with Crippen LogP contribution in [0.1, 0.15) is 12.8 Å². The molecule has 0 spiro atoms. The summed E-state index contributed by atoms with van der Waals surface area (Å²) in [5, 5.41) is 6.56. The Hall–Kier alpha value is -2.14. The SMILES string of the molecule is O=C(NC1CC2CC1CN2)n1ccc(-c2ccc(F)cc2)c1. The van der Waals surface area contributed by atoms with E-state index in [2.05, 4.69) is 10.6 Å². The molecule has 1 saturated heterocycles. The summed E-state index contributed by atoms with van der Waals surface area (Å²) in [4.78, 5) is 12.3. The molecule has 2 bridgehead atoms. The number of amides is 1. The zero-order valence-electron chi connectivity index (χ0n) is 12.1. The van der Waals surface area contributed by atoms with Crippen molar-refractivity contribution in [2.75, 3.05) is 6.54 Å². The van der Waals surface area contributed by atoms with Crippen LogP contribution in [0.4, 0.5) is 9.18 Å². The molecule has 4 rings (SSSR count). The number of benzene rings is 1. The van der Waals surface area contributed by atoms with E-state index >= 15 is 0 Å². The van der Waals surface area contributed by atoms with Gasteiger partial charge in [-0.3, -0.25) is 4.57 Å². The number of rotatable bonds is 2. The van der Waals surface area contributed by atoms with Crippen molar-refractivity contribution in [1.82, 2.24) is 15.2 Å². The number of aromatic nitrogens is 1. The van der Waals surface area contributed by atoms with Gasteiger partial charge in [-0.15, -0.1) is 0 Å². The van der Waals surface area contributed by atoms with Gasteiger partial charge in [0.25, 0.3) is 0 Å². The highest BCUT2D eigenvalue weighted by Crippen LogP contribution is 2.31. The summed E-state index contributed by atoms with van der Waals surface area (Å²) in [6.45, 7) is 1.00. The highest BCUT2D eigenvalue weighted by Gasteiger charge is 2.40. The Kier molecular flexibility index (Phi) is 3.22. The number of carbonyl (C=O) groups is 1. The zero-order valence-corrected chi connectivity index (χ0v) is 12.1. The lowest BCUT2D eigenvalue weighted by atomic mass is 10.0. The number of hydrogen-bond donors (Lipinski definition) is 2. The normalized spacial score (nSPS) is 26.3. The molecule has 0 radical (unpaired) electrons. The first kappa shape index (κ1) is 13.5. The molecule has 5 heteroatoms. The van der Waals surface area contributed by atoms with E-state index in [1.807, 2.05) is 6.07 Å². The molecule has 1 aliphatic carbocycles. The summed E-state index contributed by atoms with van der Waals surface area (Å²) >= 11 is 0. The van der Waals surface area contributed by atoms with E-state index in [0.717, 1.165) is 30.5 Å². The van der Waals surface area contributed by atoms with Crippen LogP contribution in [0, 0.1) is 11.7 Å². The fourth-order valence-corrected chi connectivity index (χ4v) is 3.58. The van der Waals surface area contributed by atoms with E-state index in [-0.39, 0.29) is 17.9 Å². The van der Waals surface area contributed by atoms with Gasteiger partial charge < -0.3 is 10.6 Å². The Morgan fingerprint density at radius 2 is 2.00 bits per heavy atom. The van der Waals surface area contributed by atoms with E-state index in [1.54, 1.807) is 29.1 Å². The van der Waals surface area contributed by atoms with Gasteiger partial charge in [-0.05, 0) is 48.1 Å². The Morgan fingerprint density at radius 3 is 2.68 bits per heavy atom. The van der Waals surface area contributed by atoms with Crippen LogP contribution in [0.15, 0.2) is 42.7 Å². The lowest BCUT2D eigenvalue weighted by Crippen LogP contribution is -2.45. The van der Waals surface area contributed by atoms with Crippen molar-refractivity contribution < 1.29 is 9.18 Å². The summed E-state index contributed by atoms with van der Waals surface area (Å²) in [6.07, 6.45) is 5.72. The number of nitrogens with one attached hydrogen (secondary N) is 2. The second-order valence-corrected chi connectivity index (χ2v) is 6.21. The van der Waals surface area contributed by atoms with Gasteiger partial charge in [0.05, 0.1) is 0 Å². The summed E-state index contributed by atoms with van der Waals surface area (Å²) in [5.74, 6) is 0.298. The molecular formula is C17H18FN3O. The first-order chi connectivity index (χ1) is 10.7. The third kappa shape index (κ3) is 2.41. The predicted molar refractivity (Wildman–Crippen MR) is 82.1 cm³/mol.